The highest BCUT2D eigenvalue weighted by Crippen LogP contribution is 2.29. The third-order valence-corrected chi connectivity index (χ3v) is 4.12. The molecule has 98 valence electrons. The number of hydrogen-bond acceptors (Lipinski definition) is 2. The van der Waals surface area contributed by atoms with Gasteiger partial charge in [-0.25, -0.2) is 0 Å². The average molecular weight is 267 g/mol. The molecule has 1 aliphatic carbocycles. The van der Waals surface area contributed by atoms with Crippen LogP contribution in [0.5, 0.6) is 0 Å². The largest absolute Gasteiger partial charge is 0.324 e. The zero-order valence-electron chi connectivity index (χ0n) is 10.6. The Balaban J connectivity index is 2.13. The van der Waals surface area contributed by atoms with Crippen LogP contribution < -0.4 is 11.1 Å². The Bertz CT molecular complexity index is 453. The van der Waals surface area contributed by atoms with Crippen molar-refractivity contribution in [2.45, 2.75) is 44.6 Å². The number of nitrogens with two attached hydrogens (primary N) is 1. The van der Waals surface area contributed by atoms with Crippen molar-refractivity contribution in [3.8, 4) is 0 Å². The van der Waals surface area contributed by atoms with Gasteiger partial charge in [0.15, 0.2) is 0 Å². The summed E-state index contributed by atoms with van der Waals surface area (Å²) in [6.45, 7) is 1.89. The van der Waals surface area contributed by atoms with E-state index in [1.54, 1.807) is 0 Å². The van der Waals surface area contributed by atoms with Crippen molar-refractivity contribution in [2.24, 2.45) is 5.73 Å². The van der Waals surface area contributed by atoms with Crippen molar-refractivity contribution in [3.63, 3.8) is 0 Å². The molecule has 1 amide bonds. The predicted octanol–water partition coefficient (Wildman–Crippen LogP) is 3.25. The van der Waals surface area contributed by atoms with E-state index in [1.807, 2.05) is 25.1 Å². The minimum Gasteiger partial charge on any atom is -0.324 e. The number of anilines is 1. The second kappa shape index (κ2) is 5.29. The van der Waals surface area contributed by atoms with Gasteiger partial charge in [-0.15, -0.1) is 0 Å². The maximum absolute atomic E-state index is 12.3. The number of carbonyl (C=O) groups is 1. The van der Waals surface area contributed by atoms with Gasteiger partial charge in [0, 0.05) is 10.7 Å². The monoisotopic (exact) mass is 266 g/mol. The maximum atomic E-state index is 12.3. The topological polar surface area (TPSA) is 55.1 Å². The summed E-state index contributed by atoms with van der Waals surface area (Å²) in [5.74, 6) is -0.0902. The van der Waals surface area contributed by atoms with Gasteiger partial charge in [0.25, 0.3) is 0 Å². The first-order valence-corrected chi connectivity index (χ1v) is 6.76. The number of benzene rings is 1. The summed E-state index contributed by atoms with van der Waals surface area (Å²) in [4.78, 5) is 12.3. The van der Waals surface area contributed by atoms with Crippen molar-refractivity contribution < 1.29 is 4.79 Å². The molecule has 0 spiro atoms. The van der Waals surface area contributed by atoms with Gasteiger partial charge in [0.1, 0.15) is 0 Å². The molecule has 0 unspecified atom stereocenters. The van der Waals surface area contributed by atoms with E-state index in [0.29, 0.717) is 5.02 Å². The standard InChI is InChI=1S/C14H19ClN2O/c1-10-11(15)6-5-7-12(10)17-13(18)14(16)8-3-2-4-9-14/h5-7H,2-4,8-9,16H2,1H3,(H,17,18). The Morgan fingerprint density at radius 2 is 2.00 bits per heavy atom. The molecule has 2 rings (SSSR count). The van der Waals surface area contributed by atoms with Crippen LogP contribution in [0, 0.1) is 6.92 Å². The molecule has 1 fully saturated rings. The van der Waals surface area contributed by atoms with Crippen molar-refractivity contribution >= 4 is 23.2 Å². The minimum atomic E-state index is -0.715. The van der Waals surface area contributed by atoms with Gasteiger partial charge >= 0.3 is 0 Å². The van der Waals surface area contributed by atoms with Crippen LogP contribution in [0.3, 0.4) is 0 Å². The average Bonchev–Trinajstić information content (AvgIpc) is 2.36. The van der Waals surface area contributed by atoms with Gasteiger partial charge in [-0.1, -0.05) is 36.9 Å². The number of halogens is 1. The number of carbonyl (C=O) groups excluding carboxylic acids is 1. The summed E-state index contributed by atoms with van der Waals surface area (Å²) in [6, 6.07) is 5.49. The van der Waals surface area contributed by atoms with E-state index >= 15 is 0 Å². The van der Waals surface area contributed by atoms with E-state index in [1.165, 1.54) is 6.42 Å². The molecule has 0 radical (unpaired) electrons. The molecule has 0 heterocycles. The molecule has 1 aromatic carbocycles. The quantitative estimate of drug-likeness (QED) is 0.863. The maximum Gasteiger partial charge on any atom is 0.244 e. The van der Waals surface area contributed by atoms with Gasteiger partial charge in [0.2, 0.25) is 5.91 Å². The first-order valence-electron chi connectivity index (χ1n) is 6.38. The summed E-state index contributed by atoms with van der Waals surface area (Å²) in [5.41, 5.74) is 7.11. The van der Waals surface area contributed by atoms with E-state index < -0.39 is 5.54 Å². The van der Waals surface area contributed by atoms with Crippen molar-refractivity contribution in [3.05, 3.63) is 28.8 Å². The first-order chi connectivity index (χ1) is 8.53. The lowest BCUT2D eigenvalue weighted by Crippen LogP contribution is -2.52. The molecule has 0 atom stereocenters. The van der Waals surface area contributed by atoms with Gasteiger partial charge in [-0.2, -0.15) is 0 Å². The number of hydrogen-bond donors (Lipinski definition) is 2. The molecule has 1 saturated carbocycles. The predicted molar refractivity (Wildman–Crippen MR) is 74.8 cm³/mol. The van der Waals surface area contributed by atoms with Crippen molar-refractivity contribution in [2.75, 3.05) is 5.32 Å². The third kappa shape index (κ3) is 2.68. The molecule has 0 bridgehead atoms. The molecule has 0 aliphatic heterocycles. The van der Waals surface area contributed by atoms with Crippen LogP contribution in [-0.4, -0.2) is 11.4 Å². The van der Waals surface area contributed by atoms with Crippen LogP contribution in [0.1, 0.15) is 37.7 Å². The Morgan fingerprint density at radius 3 is 2.67 bits per heavy atom. The Hall–Kier alpha value is -1.06. The van der Waals surface area contributed by atoms with E-state index in [0.717, 1.165) is 36.9 Å². The Kier molecular flexibility index (Phi) is 3.93. The molecule has 0 saturated heterocycles. The second-order valence-corrected chi connectivity index (χ2v) is 5.49. The second-order valence-electron chi connectivity index (χ2n) is 5.08. The van der Waals surface area contributed by atoms with Gasteiger partial charge in [-0.3, -0.25) is 4.79 Å². The summed E-state index contributed by atoms with van der Waals surface area (Å²) < 4.78 is 0. The van der Waals surface area contributed by atoms with Crippen LogP contribution in [0.25, 0.3) is 0 Å². The molecule has 4 heteroatoms. The fourth-order valence-electron chi connectivity index (χ4n) is 2.40. The first kappa shape index (κ1) is 13.4. The van der Waals surface area contributed by atoms with Crippen LogP contribution in [0.4, 0.5) is 5.69 Å². The van der Waals surface area contributed by atoms with E-state index in [-0.39, 0.29) is 5.91 Å². The zero-order valence-corrected chi connectivity index (χ0v) is 11.4. The molecular weight excluding hydrogens is 248 g/mol. The highest BCUT2D eigenvalue weighted by molar-refractivity contribution is 6.31. The zero-order chi connectivity index (χ0) is 13.2. The van der Waals surface area contributed by atoms with E-state index in [4.69, 9.17) is 17.3 Å². The van der Waals surface area contributed by atoms with Crippen molar-refractivity contribution in [1.82, 2.24) is 0 Å². The summed E-state index contributed by atoms with van der Waals surface area (Å²) in [5, 5.41) is 3.57. The number of amides is 1. The minimum absolute atomic E-state index is 0.0902. The summed E-state index contributed by atoms with van der Waals surface area (Å²) in [7, 11) is 0. The van der Waals surface area contributed by atoms with Gasteiger partial charge < -0.3 is 11.1 Å². The van der Waals surface area contributed by atoms with Crippen LogP contribution in [0.15, 0.2) is 18.2 Å². The number of nitrogens with one attached hydrogen (secondary N) is 1. The molecule has 1 aliphatic rings. The van der Waals surface area contributed by atoms with Crippen LogP contribution >= 0.6 is 11.6 Å². The molecule has 1 aromatic rings. The lowest BCUT2D eigenvalue weighted by Gasteiger charge is -2.32. The lowest BCUT2D eigenvalue weighted by atomic mass is 9.82. The SMILES string of the molecule is Cc1c(Cl)cccc1NC(=O)C1(N)CCCCC1. The fourth-order valence-corrected chi connectivity index (χ4v) is 2.57. The smallest absolute Gasteiger partial charge is 0.244 e. The van der Waals surface area contributed by atoms with Gasteiger partial charge in [-0.05, 0) is 37.5 Å². The van der Waals surface area contributed by atoms with E-state index in [9.17, 15) is 4.79 Å². The molecule has 0 aromatic heterocycles. The van der Waals surface area contributed by atoms with Crippen LogP contribution in [-0.2, 0) is 4.79 Å². The summed E-state index contributed by atoms with van der Waals surface area (Å²) in [6.07, 6.45) is 4.75. The normalized spacial score (nSPS) is 18.4. The highest BCUT2D eigenvalue weighted by atomic mass is 35.5. The lowest BCUT2D eigenvalue weighted by molar-refractivity contribution is -0.122. The molecular formula is C14H19ClN2O. The fraction of sp³-hybridized carbons (Fsp3) is 0.500. The van der Waals surface area contributed by atoms with Gasteiger partial charge in [0.05, 0.1) is 5.54 Å². The third-order valence-electron chi connectivity index (χ3n) is 3.71. The number of rotatable bonds is 2. The summed E-state index contributed by atoms with van der Waals surface area (Å²) >= 11 is 6.04. The van der Waals surface area contributed by atoms with Crippen molar-refractivity contribution in [1.29, 1.82) is 0 Å². The Labute approximate surface area is 113 Å². The van der Waals surface area contributed by atoms with Crippen LogP contribution in [0.2, 0.25) is 5.02 Å². The molecule has 18 heavy (non-hydrogen) atoms. The Morgan fingerprint density at radius 1 is 1.33 bits per heavy atom. The van der Waals surface area contributed by atoms with E-state index in [2.05, 4.69) is 5.32 Å². The molecule has 3 nitrogen and oxygen atoms in total. The molecule has 3 N–H and O–H groups in total. The highest BCUT2D eigenvalue weighted by Gasteiger charge is 2.35.